The van der Waals surface area contributed by atoms with E-state index < -0.39 is 39.5 Å². The summed E-state index contributed by atoms with van der Waals surface area (Å²) < 4.78 is 32.8. The molecule has 532 valence electrons. The summed E-state index contributed by atoms with van der Waals surface area (Å²) in [7, 11) is 0. The summed E-state index contributed by atoms with van der Waals surface area (Å²) in [5.74, 6) is 0.886. The highest BCUT2D eigenvalue weighted by molar-refractivity contribution is 5.84. The molecule has 14 heteroatoms. The van der Waals surface area contributed by atoms with E-state index in [1.54, 1.807) is 26.0 Å². The first-order chi connectivity index (χ1) is 44.1. The fourth-order valence-electron chi connectivity index (χ4n) is 12.5. The predicted octanol–water partition coefficient (Wildman–Crippen LogP) is 19.2. The highest BCUT2D eigenvalue weighted by atomic mass is 16.6. The van der Waals surface area contributed by atoms with Crippen LogP contribution in [-0.2, 0) is 62.8 Å². The lowest BCUT2D eigenvalue weighted by Gasteiger charge is -2.59. The fourth-order valence-corrected chi connectivity index (χ4v) is 12.5. The van der Waals surface area contributed by atoms with Crippen molar-refractivity contribution in [1.82, 2.24) is 0 Å². The van der Waals surface area contributed by atoms with E-state index in [1.807, 2.05) is 146 Å². The summed E-state index contributed by atoms with van der Waals surface area (Å²) in [6.07, 6.45) is 22.3. The van der Waals surface area contributed by atoms with Gasteiger partial charge in [-0.3, -0.25) is 24.0 Å². The third-order valence-corrected chi connectivity index (χ3v) is 21.7. The van der Waals surface area contributed by atoms with E-state index in [0.717, 1.165) is 120 Å². The Labute approximate surface area is 572 Å². The van der Waals surface area contributed by atoms with Crippen LogP contribution in [0.3, 0.4) is 0 Å². The van der Waals surface area contributed by atoms with E-state index in [9.17, 15) is 33.9 Å². The number of aliphatic hydroxyl groups is 1. The predicted molar refractivity (Wildman–Crippen MR) is 379 cm³/mol. The molecule has 7 aliphatic rings. The molecule has 1 saturated heterocycles. The van der Waals surface area contributed by atoms with Gasteiger partial charge in [-0.1, -0.05) is 110 Å². The Bertz CT molecular complexity index is 2950. The number of esters is 6. The van der Waals surface area contributed by atoms with Gasteiger partial charge in [0.15, 0.2) is 0 Å². The molecule has 10 rings (SSSR count). The van der Waals surface area contributed by atoms with Crippen molar-refractivity contribution in [2.45, 2.75) is 306 Å². The van der Waals surface area contributed by atoms with Crippen LogP contribution in [0.4, 0.5) is 0 Å². The van der Waals surface area contributed by atoms with Crippen LogP contribution >= 0.6 is 0 Å². The first kappa shape index (κ1) is 81.4. The molecule has 2 N–H and O–H groups in total. The number of fused-ring (bicyclic) bond motifs is 1. The molecule has 95 heavy (non-hydrogen) atoms. The Balaban J connectivity index is 0.000000245. The fraction of sp³-hybridized carbons (Fsp3) is 0.679. The zero-order chi connectivity index (χ0) is 71.7. The second-order valence-corrected chi connectivity index (χ2v) is 31.9. The lowest BCUT2D eigenvalue weighted by Crippen LogP contribution is -2.61. The number of aromatic hydroxyl groups is 1. The largest absolute Gasteiger partial charge is 0.508 e. The minimum atomic E-state index is -0.687. The summed E-state index contributed by atoms with van der Waals surface area (Å²) in [5.41, 5.74) is -2.11. The van der Waals surface area contributed by atoms with Crippen LogP contribution < -0.4 is 0 Å². The summed E-state index contributed by atoms with van der Waals surface area (Å²) in [4.78, 5) is 71.2. The zero-order valence-corrected chi connectivity index (χ0v) is 62.1. The van der Waals surface area contributed by atoms with Crippen LogP contribution in [0.2, 0.25) is 0 Å². The number of hydrogen-bond donors (Lipinski definition) is 2. The molecule has 3 aromatic rings. The second-order valence-electron chi connectivity index (χ2n) is 31.9. The van der Waals surface area contributed by atoms with Crippen molar-refractivity contribution in [1.29, 1.82) is 0 Å². The molecule has 3 aromatic carbocycles. The van der Waals surface area contributed by atoms with Gasteiger partial charge in [0.1, 0.15) is 28.2 Å². The average Bonchev–Trinajstić information content (AvgIpc) is 1.27. The van der Waals surface area contributed by atoms with E-state index >= 15 is 0 Å². The summed E-state index contributed by atoms with van der Waals surface area (Å²) >= 11 is 0. The Morgan fingerprint density at radius 2 is 1.00 bits per heavy atom. The third-order valence-electron chi connectivity index (χ3n) is 21.7. The van der Waals surface area contributed by atoms with Crippen LogP contribution in [0.5, 0.6) is 5.75 Å². The standard InChI is InChI=1S/C19H24O2.C16H26O3.2C13H22O2.C10H16O4.C10H14O/c1-6-18(2,3)17(20)21-19(4,5)16-12-11-14-9-7-8-10-15(14)13-16;1-4-14(2,3)13(17)19-16-8-11-5-12(9-16)7-15(18,6-11)10-16;2*1-5-12(3,4)11(14)15-13(6-2)9-7-8-10-13;1-4-10(2,3)9(12)14-7-5-6-13-8(7)11;1-3-8(2)9-4-6-10(11)7-5-9/h7-13H,6H2,1-5H3;11-12,18H,4-10H2,1-3H3;2*6H,2,5,7-10H2,1,3-4H3;7H,4-6H2,1-3H3;4-8,11H,3H2,1-2H3. The quantitative estimate of drug-likeness (QED) is 0.0615. The molecule has 0 amide bonds. The van der Waals surface area contributed by atoms with Gasteiger partial charge in [0.2, 0.25) is 6.10 Å². The van der Waals surface area contributed by atoms with Crippen molar-refractivity contribution in [2.75, 3.05) is 6.61 Å². The van der Waals surface area contributed by atoms with Crippen LogP contribution in [0.25, 0.3) is 10.8 Å². The Morgan fingerprint density at radius 3 is 1.40 bits per heavy atom. The van der Waals surface area contributed by atoms with E-state index in [4.69, 9.17) is 33.5 Å². The Hall–Kier alpha value is -6.02. The minimum Gasteiger partial charge on any atom is -0.508 e. The number of cyclic esters (lactones) is 1. The minimum absolute atomic E-state index is 0.0828. The number of hydrogen-bond acceptors (Lipinski definition) is 14. The summed E-state index contributed by atoms with van der Waals surface area (Å²) in [6.45, 7) is 45.2. The smallest absolute Gasteiger partial charge is 0.347 e. The maximum Gasteiger partial charge on any atom is 0.347 e. The van der Waals surface area contributed by atoms with Gasteiger partial charge in [-0.2, -0.15) is 0 Å². The number of carbonyl (C=O) groups is 6. The SMILES string of the molecule is C=CC1(OC(=O)C(C)(C)CC)CCCC1.C=CC1(OC(=O)C(C)(C)CC)CCCC1.CCC(C)(C)C(=O)OC(C)(C)c1ccc2ccccc2c1.CCC(C)(C)C(=O)OC12CC3CC(CC(O)(C3)C1)C2.CCC(C)(C)C(=O)OC1CCOC1=O.CCC(C)c1ccc(O)cc1. The average molecular weight is 1320 g/mol. The van der Waals surface area contributed by atoms with Gasteiger partial charge < -0.3 is 38.6 Å². The molecule has 6 saturated carbocycles. The van der Waals surface area contributed by atoms with Gasteiger partial charge >= 0.3 is 35.8 Å². The van der Waals surface area contributed by atoms with E-state index in [0.29, 0.717) is 49.4 Å². The van der Waals surface area contributed by atoms with Crippen LogP contribution in [0.1, 0.15) is 283 Å². The molecule has 0 aromatic heterocycles. The van der Waals surface area contributed by atoms with Crippen molar-refractivity contribution in [3.8, 4) is 5.75 Å². The van der Waals surface area contributed by atoms with Gasteiger partial charge in [-0.25, -0.2) is 4.79 Å². The number of rotatable bonds is 20. The van der Waals surface area contributed by atoms with Gasteiger partial charge in [-0.15, -0.1) is 0 Å². The zero-order valence-electron chi connectivity index (χ0n) is 62.1. The summed E-state index contributed by atoms with van der Waals surface area (Å²) in [5, 5.41) is 22.0. The number of phenolic OH excluding ortho intramolecular Hbond substituents is 1. The van der Waals surface area contributed by atoms with Gasteiger partial charge in [-0.05, 0) is 275 Å². The Morgan fingerprint density at radius 1 is 0.579 bits per heavy atom. The maximum absolute atomic E-state index is 12.4. The number of ether oxygens (including phenoxy) is 6. The van der Waals surface area contributed by atoms with E-state index in [-0.39, 0.29) is 57.5 Å². The third kappa shape index (κ3) is 22.8. The molecular weight excluding hydrogens is 1200 g/mol. The molecule has 1 aliphatic heterocycles. The van der Waals surface area contributed by atoms with Crippen molar-refractivity contribution in [3.63, 3.8) is 0 Å². The lowest BCUT2D eigenvalue weighted by atomic mass is 9.52. The van der Waals surface area contributed by atoms with Gasteiger partial charge in [0.25, 0.3) is 0 Å². The Kier molecular flexibility index (Phi) is 29.1. The van der Waals surface area contributed by atoms with E-state index in [2.05, 4.69) is 51.3 Å². The lowest BCUT2D eigenvalue weighted by molar-refractivity contribution is -0.225. The van der Waals surface area contributed by atoms with Crippen molar-refractivity contribution in [2.24, 2.45) is 38.9 Å². The molecule has 1 heterocycles. The van der Waals surface area contributed by atoms with Crippen molar-refractivity contribution < 1.29 is 67.4 Å². The van der Waals surface area contributed by atoms with Crippen molar-refractivity contribution in [3.05, 3.63) is 103 Å². The molecule has 7 fully saturated rings. The normalized spacial score (nSPS) is 22.7. The molecule has 4 unspecified atom stereocenters. The first-order valence-corrected chi connectivity index (χ1v) is 35.7. The van der Waals surface area contributed by atoms with Crippen LogP contribution in [0.15, 0.2) is 92.0 Å². The highest BCUT2D eigenvalue weighted by Crippen LogP contribution is 2.59. The molecule has 0 radical (unpaired) electrons. The molecule has 4 bridgehead atoms. The number of carbonyl (C=O) groups excluding carboxylic acids is 6. The first-order valence-electron chi connectivity index (χ1n) is 35.7. The monoisotopic (exact) mass is 1320 g/mol. The molecule has 14 nitrogen and oxygen atoms in total. The molecule has 6 aliphatic carbocycles. The van der Waals surface area contributed by atoms with Gasteiger partial charge in [0.05, 0.1) is 39.3 Å². The van der Waals surface area contributed by atoms with Crippen LogP contribution in [0, 0.1) is 38.9 Å². The van der Waals surface area contributed by atoms with E-state index in [1.165, 1.54) is 17.4 Å². The maximum atomic E-state index is 12.4. The number of phenols is 1. The van der Waals surface area contributed by atoms with Crippen LogP contribution in [-0.4, -0.2) is 81.1 Å². The summed E-state index contributed by atoms with van der Waals surface area (Å²) in [6, 6.07) is 21.8. The topological polar surface area (TPSA) is 198 Å². The van der Waals surface area contributed by atoms with Gasteiger partial charge in [0, 0.05) is 12.8 Å². The highest BCUT2D eigenvalue weighted by Gasteiger charge is 2.60. The molecule has 4 atom stereocenters. The molecular formula is C81H124O14. The second kappa shape index (κ2) is 34.0. The number of benzene rings is 3. The molecule has 0 spiro atoms. The van der Waals surface area contributed by atoms with Crippen molar-refractivity contribution >= 4 is 46.6 Å².